The Morgan fingerprint density at radius 3 is 2.52 bits per heavy atom. The summed E-state index contributed by atoms with van der Waals surface area (Å²) in [6.07, 6.45) is 2.15. The number of benzene rings is 2. The van der Waals surface area contributed by atoms with E-state index in [4.69, 9.17) is 11.1 Å². The maximum atomic E-state index is 12.6. The molecule has 4 rings (SSSR count). The molecule has 3 amide bonds. The lowest BCUT2D eigenvalue weighted by atomic mass is 10.1. The van der Waals surface area contributed by atoms with Gasteiger partial charge < -0.3 is 5.32 Å². The molecule has 0 radical (unpaired) electrons. The number of amidine groups is 1. The van der Waals surface area contributed by atoms with E-state index in [1.54, 1.807) is 48.7 Å². The van der Waals surface area contributed by atoms with Gasteiger partial charge in [-0.3, -0.25) is 30.6 Å². The molecule has 3 aromatic rings. The first kappa shape index (κ1) is 21.3. The van der Waals surface area contributed by atoms with E-state index >= 15 is 0 Å². The third-order valence-corrected chi connectivity index (χ3v) is 4.65. The van der Waals surface area contributed by atoms with Gasteiger partial charge in [-0.25, -0.2) is 4.79 Å². The molecule has 1 aliphatic rings. The molecule has 31 heavy (non-hydrogen) atoms. The number of hydrogen-bond donors (Lipinski definition) is 3. The zero-order chi connectivity index (χ0) is 21.3. The van der Waals surface area contributed by atoms with Gasteiger partial charge in [0.1, 0.15) is 11.4 Å². The number of pyridine rings is 1. The Morgan fingerprint density at radius 2 is 1.87 bits per heavy atom. The molecule has 156 valence electrons. The fraction of sp³-hybridized carbons (Fsp3) is 0.0909. The molecular weight excluding hydrogens is 396 g/mol. The molecule has 2 heterocycles. The first-order valence-electron chi connectivity index (χ1n) is 8.98. The molecule has 0 aliphatic carbocycles. The normalized spacial score (nSPS) is 12.8. The van der Waals surface area contributed by atoms with E-state index in [9.17, 15) is 14.4 Å². The standard InChI is InChI=1S/C21H16N6O3.CH4/c22-19(23)13-2-1-12-8-18(24-9-14(12)7-13)20(29)25-15-3-5-17(6-4-15)27-10-16(11-28)26-21(27)30;/h1-9,11H,10H2,(H3,22,23)(H,25,29);1H4/p+1. The van der Waals surface area contributed by atoms with Gasteiger partial charge in [0.25, 0.3) is 11.7 Å². The van der Waals surface area contributed by atoms with Gasteiger partial charge in [0.05, 0.1) is 12.1 Å². The number of fused-ring (bicyclic) bond motifs is 1. The zero-order valence-electron chi connectivity index (χ0n) is 15.7. The highest BCUT2D eigenvalue weighted by Crippen LogP contribution is 2.22. The lowest BCUT2D eigenvalue weighted by molar-refractivity contribution is -0.114. The molecule has 0 unspecified atom stereocenters. The fourth-order valence-electron chi connectivity index (χ4n) is 3.08. The third-order valence-electron chi connectivity index (χ3n) is 4.65. The number of hydrogen-bond acceptors (Lipinski definition) is 4. The van der Waals surface area contributed by atoms with Crippen LogP contribution in [-0.2, 0) is 4.79 Å². The van der Waals surface area contributed by atoms with E-state index in [0.717, 1.165) is 10.8 Å². The summed E-state index contributed by atoms with van der Waals surface area (Å²) >= 11 is 0. The van der Waals surface area contributed by atoms with Crippen molar-refractivity contribution >= 4 is 51.9 Å². The van der Waals surface area contributed by atoms with Crippen molar-refractivity contribution in [3.8, 4) is 0 Å². The number of aliphatic imine (C=N–C) groups is 1. The van der Waals surface area contributed by atoms with Crippen molar-refractivity contribution in [3.63, 3.8) is 0 Å². The summed E-state index contributed by atoms with van der Waals surface area (Å²) in [6, 6.07) is 13.2. The van der Waals surface area contributed by atoms with Crippen molar-refractivity contribution < 1.29 is 19.8 Å². The number of aldehydes is 1. The number of carbonyl (C=O) groups excluding carboxylic acids is 3. The van der Waals surface area contributed by atoms with E-state index in [1.165, 1.54) is 4.90 Å². The summed E-state index contributed by atoms with van der Waals surface area (Å²) in [5, 5.41) is 10.0. The van der Waals surface area contributed by atoms with Crippen LogP contribution in [0.2, 0.25) is 0 Å². The van der Waals surface area contributed by atoms with Crippen molar-refractivity contribution in [2.24, 2.45) is 10.7 Å². The van der Waals surface area contributed by atoms with Gasteiger partial charge >= 0.3 is 6.03 Å². The van der Waals surface area contributed by atoms with Gasteiger partial charge in [-0.2, -0.15) is 4.99 Å². The predicted octanol–water partition coefficient (Wildman–Crippen LogP) is 1.17. The van der Waals surface area contributed by atoms with E-state index in [-0.39, 0.29) is 37.1 Å². The topological polar surface area (TPSA) is 143 Å². The number of anilines is 2. The maximum absolute atomic E-state index is 12.6. The minimum Gasteiger partial charge on any atom is -0.321 e. The molecule has 0 saturated heterocycles. The SMILES string of the molecule is C.NC(=[NH2+])c1ccc2cc(C(=O)Nc3ccc(N4CC(C=O)=NC4=O)cc3)ncc2c1. The molecule has 0 saturated carbocycles. The maximum Gasteiger partial charge on any atom is 0.348 e. The Kier molecular flexibility index (Phi) is 5.87. The van der Waals surface area contributed by atoms with Crippen molar-refractivity contribution in [2.75, 3.05) is 16.8 Å². The lowest BCUT2D eigenvalue weighted by Crippen LogP contribution is -2.46. The molecule has 9 heteroatoms. The Hall–Kier alpha value is -4.40. The molecule has 1 aliphatic heterocycles. The highest BCUT2D eigenvalue weighted by Gasteiger charge is 2.24. The minimum atomic E-state index is -0.494. The van der Waals surface area contributed by atoms with Crippen LogP contribution in [0.3, 0.4) is 0 Å². The van der Waals surface area contributed by atoms with Crippen LogP contribution in [0.25, 0.3) is 10.8 Å². The highest BCUT2D eigenvalue weighted by molar-refractivity contribution is 6.36. The lowest BCUT2D eigenvalue weighted by Gasteiger charge is -2.15. The number of aromatic nitrogens is 1. The average molecular weight is 417 g/mol. The van der Waals surface area contributed by atoms with Crippen LogP contribution in [-0.4, -0.2) is 41.3 Å². The summed E-state index contributed by atoms with van der Waals surface area (Å²) in [7, 11) is 0. The van der Waals surface area contributed by atoms with Gasteiger partial charge in [-0.05, 0) is 47.9 Å². The van der Waals surface area contributed by atoms with Gasteiger partial charge in [-0.15, -0.1) is 0 Å². The second-order valence-electron chi connectivity index (χ2n) is 6.68. The molecule has 0 atom stereocenters. The van der Waals surface area contributed by atoms with Crippen molar-refractivity contribution in [3.05, 3.63) is 66.0 Å². The number of nitrogens with two attached hydrogens (primary N) is 2. The first-order chi connectivity index (χ1) is 14.4. The van der Waals surface area contributed by atoms with Crippen LogP contribution in [0.5, 0.6) is 0 Å². The summed E-state index contributed by atoms with van der Waals surface area (Å²) in [5.74, 6) is -0.158. The second kappa shape index (κ2) is 8.54. The molecule has 0 spiro atoms. The monoisotopic (exact) mass is 417 g/mol. The summed E-state index contributed by atoms with van der Waals surface area (Å²) in [6.45, 7) is 0.129. The molecular formula is C22H21N6O3+. The van der Waals surface area contributed by atoms with Gasteiger partial charge in [0.15, 0.2) is 6.29 Å². The number of nitrogens with zero attached hydrogens (tertiary/aromatic N) is 3. The third kappa shape index (κ3) is 4.30. The highest BCUT2D eigenvalue weighted by atomic mass is 16.2. The van der Waals surface area contributed by atoms with Crippen LogP contribution in [0.15, 0.2) is 59.7 Å². The summed E-state index contributed by atoms with van der Waals surface area (Å²) < 4.78 is 0. The van der Waals surface area contributed by atoms with Crippen molar-refractivity contribution in [1.29, 1.82) is 0 Å². The van der Waals surface area contributed by atoms with Crippen LogP contribution in [0.1, 0.15) is 23.5 Å². The number of rotatable bonds is 5. The summed E-state index contributed by atoms with van der Waals surface area (Å²) in [5.41, 5.74) is 7.85. The first-order valence-corrected chi connectivity index (χ1v) is 8.98. The van der Waals surface area contributed by atoms with E-state index < -0.39 is 6.03 Å². The molecule has 9 nitrogen and oxygen atoms in total. The Morgan fingerprint density at radius 1 is 1.13 bits per heavy atom. The number of carbonyl (C=O) groups is 3. The molecule has 0 bridgehead atoms. The van der Waals surface area contributed by atoms with Crippen LogP contribution < -0.4 is 21.4 Å². The van der Waals surface area contributed by atoms with Gasteiger partial charge in [0.2, 0.25) is 0 Å². The fourth-order valence-corrected chi connectivity index (χ4v) is 3.08. The number of urea groups is 1. The molecule has 1 aromatic heterocycles. The van der Waals surface area contributed by atoms with Crippen molar-refractivity contribution in [2.45, 2.75) is 7.43 Å². The second-order valence-corrected chi connectivity index (χ2v) is 6.68. The van der Waals surface area contributed by atoms with Gasteiger partial charge in [0, 0.05) is 23.0 Å². The molecule has 0 fully saturated rings. The largest absolute Gasteiger partial charge is 0.348 e. The molecule has 5 N–H and O–H groups in total. The van der Waals surface area contributed by atoms with Crippen LogP contribution in [0, 0.1) is 0 Å². The van der Waals surface area contributed by atoms with E-state index in [0.29, 0.717) is 23.2 Å². The summed E-state index contributed by atoms with van der Waals surface area (Å²) in [4.78, 5) is 44.4. The molecule has 2 aromatic carbocycles. The predicted molar refractivity (Wildman–Crippen MR) is 119 cm³/mol. The average Bonchev–Trinajstić information content (AvgIpc) is 3.14. The van der Waals surface area contributed by atoms with Gasteiger partial charge in [-0.1, -0.05) is 13.5 Å². The minimum absolute atomic E-state index is 0. The Bertz CT molecular complexity index is 1230. The van der Waals surface area contributed by atoms with Crippen LogP contribution >= 0.6 is 0 Å². The Labute approximate surface area is 178 Å². The zero-order valence-corrected chi connectivity index (χ0v) is 15.7. The van der Waals surface area contributed by atoms with E-state index in [1.807, 2.05) is 6.07 Å². The van der Waals surface area contributed by atoms with Crippen molar-refractivity contribution in [1.82, 2.24) is 4.98 Å². The quantitative estimate of drug-likeness (QED) is 0.324. The van der Waals surface area contributed by atoms with Crippen LogP contribution in [0.4, 0.5) is 16.2 Å². The smallest absolute Gasteiger partial charge is 0.321 e. The van der Waals surface area contributed by atoms with E-state index in [2.05, 4.69) is 15.3 Å². The Balaban J connectivity index is 0.00000272. The number of amides is 3. The number of nitrogens with one attached hydrogen (secondary N) is 1.